The number of hydrogen-bond donors (Lipinski definition) is 0. The summed E-state index contributed by atoms with van der Waals surface area (Å²) in [5.41, 5.74) is 2.77. The largest absolute Gasteiger partial charge is 0.343 e. The van der Waals surface area contributed by atoms with Crippen LogP contribution in [0.5, 0.6) is 0 Å². The van der Waals surface area contributed by atoms with E-state index in [0.717, 1.165) is 5.69 Å². The summed E-state index contributed by atoms with van der Waals surface area (Å²) in [7, 11) is 1.67. The van der Waals surface area contributed by atoms with E-state index in [1.54, 1.807) is 25.6 Å². The van der Waals surface area contributed by atoms with Gasteiger partial charge in [-0.25, -0.2) is 9.97 Å². The summed E-state index contributed by atoms with van der Waals surface area (Å²) >= 11 is 0. The zero-order chi connectivity index (χ0) is 17.2. The molecule has 8 heteroatoms. The molecule has 25 heavy (non-hydrogen) atoms. The second kappa shape index (κ2) is 6.16. The van der Waals surface area contributed by atoms with E-state index in [2.05, 4.69) is 24.6 Å². The van der Waals surface area contributed by atoms with Gasteiger partial charge in [-0.15, -0.1) is 0 Å². The van der Waals surface area contributed by atoms with Gasteiger partial charge in [-0.05, 0) is 18.2 Å². The van der Waals surface area contributed by atoms with E-state index >= 15 is 0 Å². The van der Waals surface area contributed by atoms with Gasteiger partial charge in [0.1, 0.15) is 11.8 Å². The van der Waals surface area contributed by atoms with Crippen molar-refractivity contribution in [3.05, 3.63) is 66.7 Å². The highest BCUT2D eigenvalue weighted by molar-refractivity contribution is 5.96. The van der Waals surface area contributed by atoms with Crippen molar-refractivity contribution in [2.24, 2.45) is 0 Å². The number of carbonyl (C=O) groups excluding carboxylic acids is 1. The van der Waals surface area contributed by atoms with Gasteiger partial charge in [-0.1, -0.05) is 23.4 Å². The van der Waals surface area contributed by atoms with E-state index in [1.807, 2.05) is 34.9 Å². The molecule has 0 aliphatic rings. The van der Waals surface area contributed by atoms with Crippen molar-refractivity contribution in [1.29, 1.82) is 0 Å². The maximum Gasteiger partial charge on any atom is 0.255 e. The summed E-state index contributed by atoms with van der Waals surface area (Å²) in [5, 5.41) is 3.71. The van der Waals surface area contributed by atoms with Crippen LogP contribution in [0.1, 0.15) is 16.2 Å². The van der Waals surface area contributed by atoms with Gasteiger partial charge in [-0.3, -0.25) is 9.36 Å². The maximum absolute atomic E-state index is 12.6. The Bertz CT molecular complexity index is 1010. The number of hydrogen-bond acceptors (Lipinski definition) is 6. The minimum atomic E-state index is -0.187. The predicted octanol–water partition coefficient (Wildman–Crippen LogP) is 2.08. The quantitative estimate of drug-likeness (QED) is 0.567. The van der Waals surface area contributed by atoms with Crippen molar-refractivity contribution < 1.29 is 9.32 Å². The molecule has 0 radical (unpaired) electrons. The van der Waals surface area contributed by atoms with Gasteiger partial charge in [0.15, 0.2) is 11.5 Å². The van der Waals surface area contributed by atoms with Crippen LogP contribution in [0.25, 0.3) is 16.9 Å². The zero-order valence-electron chi connectivity index (χ0n) is 13.4. The molecule has 0 atom stereocenters. The lowest BCUT2D eigenvalue weighted by Crippen LogP contribution is -2.26. The number of rotatable bonds is 4. The van der Waals surface area contributed by atoms with Crippen LogP contribution in [-0.4, -0.2) is 42.5 Å². The molecule has 1 aromatic carbocycles. The number of imidazole rings is 1. The maximum atomic E-state index is 12.6. The van der Waals surface area contributed by atoms with Crippen molar-refractivity contribution in [2.45, 2.75) is 6.54 Å². The van der Waals surface area contributed by atoms with Gasteiger partial charge in [0.2, 0.25) is 6.39 Å². The van der Waals surface area contributed by atoms with Crippen molar-refractivity contribution in [3.63, 3.8) is 0 Å². The number of para-hydroxylation sites is 1. The first-order valence-corrected chi connectivity index (χ1v) is 7.61. The highest BCUT2D eigenvalue weighted by Crippen LogP contribution is 2.18. The lowest BCUT2D eigenvalue weighted by atomic mass is 10.2. The number of amides is 1. The molecule has 0 bridgehead atoms. The summed E-state index contributed by atoms with van der Waals surface area (Å²) in [4.78, 5) is 26.8. The molecule has 0 fully saturated rings. The average molecular weight is 334 g/mol. The van der Waals surface area contributed by atoms with Gasteiger partial charge >= 0.3 is 0 Å². The predicted molar refractivity (Wildman–Crippen MR) is 89.0 cm³/mol. The van der Waals surface area contributed by atoms with Crippen LogP contribution in [0.4, 0.5) is 0 Å². The fraction of sp³-hybridized carbons (Fsp3) is 0.118. The Kier molecular flexibility index (Phi) is 3.70. The molecule has 0 spiro atoms. The van der Waals surface area contributed by atoms with Crippen LogP contribution >= 0.6 is 0 Å². The third kappa shape index (κ3) is 2.85. The van der Waals surface area contributed by atoms with Gasteiger partial charge < -0.3 is 9.42 Å². The van der Waals surface area contributed by atoms with E-state index in [1.165, 1.54) is 11.3 Å². The van der Waals surface area contributed by atoms with E-state index < -0.39 is 0 Å². The number of aromatic nitrogens is 5. The second-order valence-electron chi connectivity index (χ2n) is 5.53. The number of carbonyl (C=O) groups is 1. The molecule has 1 amide bonds. The van der Waals surface area contributed by atoms with Gasteiger partial charge in [0.05, 0.1) is 12.1 Å². The molecule has 0 unspecified atom stereocenters. The molecule has 0 aliphatic heterocycles. The monoisotopic (exact) mass is 334 g/mol. The van der Waals surface area contributed by atoms with E-state index in [-0.39, 0.29) is 12.5 Å². The van der Waals surface area contributed by atoms with E-state index in [4.69, 9.17) is 0 Å². The Labute approximate surface area is 142 Å². The summed E-state index contributed by atoms with van der Waals surface area (Å²) in [5.74, 6) is 0.256. The zero-order valence-corrected chi connectivity index (χ0v) is 13.4. The van der Waals surface area contributed by atoms with E-state index in [9.17, 15) is 4.79 Å². The van der Waals surface area contributed by atoms with Crippen LogP contribution in [0.2, 0.25) is 0 Å². The van der Waals surface area contributed by atoms with Crippen LogP contribution in [-0.2, 0) is 6.54 Å². The Hall–Kier alpha value is -3.55. The summed E-state index contributed by atoms with van der Waals surface area (Å²) in [6.45, 7) is 0.256. The number of pyridine rings is 1. The highest BCUT2D eigenvalue weighted by Gasteiger charge is 2.16. The standard InChI is InChI=1S/C17H14N6O2/c1-22(9-15-20-11-25-21-15)17(24)12-7-14-16(18-8-12)23(10-19-14)13-5-3-2-4-6-13/h2-8,10-11H,9H2,1H3. The van der Waals surface area contributed by atoms with Crippen molar-refractivity contribution in [3.8, 4) is 5.69 Å². The second-order valence-corrected chi connectivity index (χ2v) is 5.53. The molecule has 4 aromatic rings. The minimum absolute atomic E-state index is 0.187. The average Bonchev–Trinajstić information content (AvgIpc) is 3.30. The minimum Gasteiger partial charge on any atom is -0.343 e. The van der Waals surface area contributed by atoms with Gasteiger partial charge in [-0.2, -0.15) is 4.98 Å². The lowest BCUT2D eigenvalue weighted by Gasteiger charge is -2.14. The number of fused-ring (bicyclic) bond motifs is 1. The van der Waals surface area contributed by atoms with E-state index in [0.29, 0.717) is 22.6 Å². The van der Waals surface area contributed by atoms with Crippen LogP contribution in [0, 0.1) is 0 Å². The summed E-state index contributed by atoms with van der Waals surface area (Å²) in [6.07, 6.45) is 4.49. The van der Waals surface area contributed by atoms with Gasteiger partial charge in [0.25, 0.3) is 5.91 Å². The summed E-state index contributed by atoms with van der Waals surface area (Å²) in [6, 6.07) is 11.5. The third-order valence-corrected chi connectivity index (χ3v) is 3.80. The Morgan fingerprint density at radius 3 is 2.80 bits per heavy atom. The molecule has 3 heterocycles. The first kappa shape index (κ1) is 15.0. The fourth-order valence-electron chi connectivity index (χ4n) is 2.56. The molecular formula is C17H14N6O2. The molecular weight excluding hydrogens is 320 g/mol. The molecule has 3 aromatic heterocycles. The molecule has 124 valence electrons. The number of nitrogens with zero attached hydrogens (tertiary/aromatic N) is 6. The molecule has 0 saturated carbocycles. The molecule has 0 aliphatic carbocycles. The highest BCUT2D eigenvalue weighted by atomic mass is 16.5. The smallest absolute Gasteiger partial charge is 0.255 e. The lowest BCUT2D eigenvalue weighted by molar-refractivity contribution is 0.0780. The SMILES string of the molecule is CN(Cc1ncon1)C(=O)c1cnc2c(c1)ncn2-c1ccccc1. The third-order valence-electron chi connectivity index (χ3n) is 3.80. The van der Waals surface area contributed by atoms with Crippen molar-refractivity contribution in [2.75, 3.05) is 7.05 Å². The Morgan fingerprint density at radius 1 is 1.20 bits per heavy atom. The van der Waals surface area contributed by atoms with Crippen LogP contribution in [0.15, 0.2) is 59.8 Å². The normalized spacial score (nSPS) is 10.9. The summed E-state index contributed by atoms with van der Waals surface area (Å²) < 4.78 is 6.56. The fourth-order valence-corrected chi connectivity index (χ4v) is 2.56. The first-order chi connectivity index (χ1) is 12.2. The van der Waals surface area contributed by atoms with Crippen molar-refractivity contribution >= 4 is 17.1 Å². The van der Waals surface area contributed by atoms with Gasteiger partial charge in [0, 0.05) is 18.9 Å². The first-order valence-electron chi connectivity index (χ1n) is 7.61. The van der Waals surface area contributed by atoms with Crippen LogP contribution < -0.4 is 0 Å². The molecule has 0 saturated heterocycles. The number of benzene rings is 1. The molecule has 8 nitrogen and oxygen atoms in total. The van der Waals surface area contributed by atoms with Crippen molar-refractivity contribution in [1.82, 2.24) is 29.6 Å². The topological polar surface area (TPSA) is 89.9 Å². The van der Waals surface area contributed by atoms with Crippen LogP contribution in [0.3, 0.4) is 0 Å². The Morgan fingerprint density at radius 2 is 2.04 bits per heavy atom. The molecule has 4 rings (SSSR count). The Balaban J connectivity index is 1.62. The molecule has 0 N–H and O–H groups in total.